The lowest BCUT2D eigenvalue weighted by Crippen LogP contribution is -2.42. The summed E-state index contributed by atoms with van der Waals surface area (Å²) in [5.41, 5.74) is 0. The average molecular weight is 553 g/mol. The van der Waals surface area contributed by atoms with E-state index in [1.807, 2.05) is 6.92 Å². The highest BCUT2D eigenvalue weighted by Gasteiger charge is 2.22. The predicted octanol–water partition coefficient (Wildman–Crippen LogP) is 4.15. The largest absolute Gasteiger partial charge is 0.491 e. The van der Waals surface area contributed by atoms with Gasteiger partial charge in [-0.2, -0.15) is 0 Å². The van der Waals surface area contributed by atoms with E-state index in [4.69, 9.17) is 49.0 Å². The Hall–Kier alpha value is -1.26. The summed E-state index contributed by atoms with van der Waals surface area (Å²) in [6, 6.07) is 8.59. The number of aliphatic hydroxyl groups excluding tert-OH is 1. The SMILES string of the molecule is C[C@@H](CCl)COc1c(Cl)cc(S(=O)(=O)c2ccc(OC[C@@H](O)CN3CCOCC3)cc2)cc1Cl. The second-order valence-electron chi connectivity index (χ2n) is 8.14. The fraction of sp³-hybridized carbons (Fsp3) is 0.478. The molecule has 0 unspecified atom stereocenters. The molecule has 0 radical (unpaired) electrons. The van der Waals surface area contributed by atoms with Gasteiger partial charge >= 0.3 is 0 Å². The van der Waals surface area contributed by atoms with Crippen LogP contribution in [0.4, 0.5) is 0 Å². The summed E-state index contributed by atoms with van der Waals surface area (Å²) in [4.78, 5) is 2.12. The van der Waals surface area contributed by atoms with E-state index in [0.29, 0.717) is 38.0 Å². The number of ether oxygens (including phenoxy) is 3. The number of halogens is 3. The molecule has 34 heavy (non-hydrogen) atoms. The molecule has 11 heteroatoms. The van der Waals surface area contributed by atoms with Gasteiger partial charge in [0.05, 0.1) is 39.7 Å². The third-order valence-electron chi connectivity index (χ3n) is 5.21. The summed E-state index contributed by atoms with van der Waals surface area (Å²) >= 11 is 18.3. The van der Waals surface area contributed by atoms with Gasteiger partial charge in [-0.1, -0.05) is 30.1 Å². The van der Waals surface area contributed by atoms with Crippen molar-refractivity contribution in [2.75, 3.05) is 51.9 Å². The van der Waals surface area contributed by atoms with Gasteiger partial charge in [0.15, 0.2) is 5.75 Å². The normalized spacial score (nSPS) is 16.7. The van der Waals surface area contributed by atoms with Gasteiger partial charge in [-0.25, -0.2) is 8.42 Å². The Bertz CT molecular complexity index is 1020. The van der Waals surface area contributed by atoms with Crippen LogP contribution >= 0.6 is 34.8 Å². The van der Waals surface area contributed by atoms with Gasteiger partial charge in [0.1, 0.15) is 18.5 Å². The molecule has 3 rings (SSSR count). The van der Waals surface area contributed by atoms with Crippen LogP contribution in [-0.4, -0.2) is 76.5 Å². The van der Waals surface area contributed by atoms with Crippen LogP contribution in [-0.2, 0) is 14.6 Å². The maximum Gasteiger partial charge on any atom is 0.206 e. The minimum Gasteiger partial charge on any atom is -0.491 e. The van der Waals surface area contributed by atoms with Crippen LogP contribution in [0.15, 0.2) is 46.2 Å². The van der Waals surface area contributed by atoms with Crippen LogP contribution in [0.25, 0.3) is 0 Å². The number of sulfone groups is 1. The molecule has 2 aromatic carbocycles. The van der Waals surface area contributed by atoms with Gasteiger partial charge in [-0.15, -0.1) is 11.6 Å². The summed E-state index contributed by atoms with van der Waals surface area (Å²) in [7, 11) is -3.87. The van der Waals surface area contributed by atoms with Crippen molar-refractivity contribution in [2.24, 2.45) is 5.92 Å². The number of nitrogens with zero attached hydrogens (tertiary/aromatic N) is 1. The van der Waals surface area contributed by atoms with Crippen LogP contribution in [0.3, 0.4) is 0 Å². The van der Waals surface area contributed by atoms with Crippen LogP contribution in [0.1, 0.15) is 6.92 Å². The second kappa shape index (κ2) is 12.6. The fourth-order valence-corrected chi connectivity index (χ4v) is 5.41. The Balaban J connectivity index is 1.63. The quantitative estimate of drug-likeness (QED) is 0.419. The van der Waals surface area contributed by atoms with Crippen molar-refractivity contribution in [3.63, 3.8) is 0 Å². The molecule has 1 N–H and O–H groups in total. The van der Waals surface area contributed by atoms with Crippen molar-refractivity contribution in [1.29, 1.82) is 0 Å². The van der Waals surface area contributed by atoms with Gasteiger partial charge in [0.25, 0.3) is 0 Å². The third-order valence-corrected chi connectivity index (χ3v) is 8.04. The molecular formula is C23H28Cl3NO6S. The Kier molecular flexibility index (Phi) is 10.1. The van der Waals surface area contributed by atoms with Crippen molar-refractivity contribution < 1.29 is 27.7 Å². The summed E-state index contributed by atoms with van der Waals surface area (Å²) in [5, 5.41) is 10.4. The topological polar surface area (TPSA) is 85.3 Å². The zero-order valence-electron chi connectivity index (χ0n) is 18.8. The highest BCUT2D eigenvalue weighted by Crippen LogP contribution is 2.37. The molecular weight excluding hydrogens is 525 g/mol. The molecule has 188 valence electrons. The lowest BCUT2D eigenvalue weighted by Gasteiger charge is -2.28. The molecule has 0 spiro atoms. The van der Waals surface area contributed by atoms with Crippen LogP contribution < -0.4 is 9.47 Å². The highest BCUT2D eigenvalue weighted by atomic mass is 35.5. The third kappa shape index (κ3) is 7.37. The van der Waals surface area contributed by atoms with Crippen molar-refractivity contribution in [2.45, 2.75) is 22.8 Å². The molecule has 0 aliphatic carbocycles. The van der Waals surface area contributed by atoms with E-state index in [0.717, 1.165) is 13.1 Å². The number of rotatable bonds is 11. The predicted molar refractivity (Wildman–Crippen MR) is 132 cm³/mol. The van der Waals surface area contributed by atoms with Crippen LogP contribution in [0.2, 0.25) is 10.0 Å². The first-order valence-electron chi connectivity index (χ1n) is 10.8. The fourth-order valence-electron chi connectivity index (χ4n) is 3.28. The van der Waals surface area contributed by atoms with E-state index in [1.165, 1.54) is 24.3 Å². The van der Waals surface area contributed by atoms with Gasteiger partial charge < -0.3 is 19.3 Å². The van der Waals surface area contributed by atoms with Crippen molar-refractivity contribution in [3.05, 3.63) is 46.4 Å². The number of β-amino-alcohol motifs (C(OH)–C–C–N with tert-alkyl or cyclic N) is 1. The van der Waals surface area contributed by atoms with E-state index in [-0.39, 0.29) is 38.1 Å². The van der Waals surface area contributed by atoms with Crippen LogP contribution in [0.5, 0.6) is 11.5 Å². The second-order valence-corrected chi connectivity index (χ2v) is 11.2. The molecule has 1 aliphatic rings. The number of aliphatic hydroxyl groups is 1. The monoisotopic (exact) mass is 551 g/mol. The smallest absolute Gasteiger partial charge is 0.206 e. The minimum atomic E-state index is -3.87. The molecule has 0 saturated carbocycles. The molecule has 2 aromatic rings. The van der Waals surface area contributed by atoms with Gasteiger partial charge in [-0.3, -0.25) is 4.90 Å². The molecule has 0 aromatic heterocycles. The number of benzene rings is 2. The molecule has 1 heterocycles. The first-order chi connectivity index (χ1) is 16.2. The van der Waals surface area contributed by atoms with E-state index in [9.17, 15) is 13.5 Å². The maximum atomic E-state index is 13.1. The number of alkyl halides is 1. The maximum absolute atomic E-state index is 13.1. The lowest BCUT2D eigenvalue weighted by atomic mass is 10.2. The Morgan fingerprint density at radius 2 is 1.65 bits per heavy atom. The van der Waals surface area contributed by atoms with Gasteiger partial charge in [0.2, 0.25) is 9.84 Å². The van der Waals surface area contributed by atoms with E-state index < -0.39 is 15.9 Å². The van der Waals surface area contributed by atoms with Crippen molar-refractivity contribution >= 4 is 44.6 Å². The zero-order valence-corrected chi connectivity index (χ0v) is 21.8. The number of hydrogen-bond acceptors (Lipinski definition) is 7. The molecule has 1 fully saturated rings. The van der Waals surface area contributed by atoms with E-state index in [1.54, 1.807) is 12.1 Å². The van der Waals surface area contributed by atoms with Gasteiger partial charge in [-0.05, 0) is 36.4 Å². The average Bonchev–Trinajstić information content (AvgIpc) is 2.82. The summed E-state index contributed by atoms with van der Waals surface area (Å²) in [6.45, 7) is 5.66. The number of hydrogen-bond donors (Lipinski definition) is 1. The van der Waals surface area contributed by atoms with Gasteiger partial charge in [0, 0.05) is 31.4 Å². The molecule has 0 amide bonds. The first kappa shape index (κ1) is 27.3. The number of morpholine rings is 1. The summed E-state index contributed by atoms with van der Waals surface area (Å²) in [5.74, 6) is 1.17. The minimum absolute atomic E-state index is 0.0464. The van der Waals surface area contributed by atoms with Crippen LogP contribution in [0, 0.1) is 5.92 Å². The first-order valence-corrected chi connectivity index (χ1v) is 13.6. The Morgan fingerprint density at radius 3 is 2.24 bits per heavy atom. The summed E-state index contributed by atoms with van der Waals surface area (Å²) in [6.07, 6.45) is -0.668. The lowest BCUT2D eigenvalue weighted by molar-refractivity contribution is 0.00465. The molecule has 0 bridgehead atoms. The van der Waals surface area contributed by atoms with E-state index in [2.05, 4.69) is 4.90 Å². The van der Waals surface area contributed by atoms with Crippen molar-refractivity contribution in [1.82, 2.24) is 4.90 Å². The summed E-state index contributed by atoms with van der Waals surface area (Å²) < 4.78 is 42.7. The molecule has 1 aliphatic heterocycles. The molecule has 1 saturated heterocycles. The zero-order chi connectivity index (χ0) is 24.7. The molecule has 7 nitrogen and oxygen atoms in total. The highest BCUT2D eigenvalue weighted by molar-refractivity contribution is 7.91. The molecule has 2 atom stereocenters. The van der Waals surface area contributed by atoms with Crippen molar-refractivity contribution in [3.8, 4) is 11.5 Å². The standard InChI is InChI=1S/C23H28Cl3NO6S/c1-16(12-24)14-33-23-21(25)10-20(11-22(23)26)34(29,30)19-4-2-18(3-5-19)32-15-17(28)13-27-6-8-31-9-7-27/h2-5,10-11,16-17,28H,6-9,12-15H2,1H3/t16-,17-/m0/s1. The Labute approximate surface area is 215 Å². The Morgan fingerprint density at radius 1 is 1.03 bits per heavy atom. The van der Waals surface area contributed by atoms with E-state index >= 15 is 0 Å².